The third-order valence-corrected chi connectivity index (χ3v) is 7.62. The van der Waals surface area contributed by atoms with E-state index in [-0.39, 0.29) is 45.0 Å². The summed E-state index contributed by atoms with van der Waals surface area (Å²) >= 11 is 0. The summed E-state index contributed by atoms with van der Waals surface area (Å²) in [5, 5.41) is 22.3. The van der Waals surface area contributed by atoms with E-state index in [4.69, 9.17) is 0 Å². The summed E-state index contributed by atoms with van der Waals surface area (Å²) < 4.78 is 0. The number of imide groups is 2. The van der Waals surface area contributed by atoms with E-state index in [1.807, 2.05) is 0 Å². The fourth-order valence-corrected chi connectivity index (χ4v) is 5.35. The molecular formula is C32H16N6O8. The molecule has 0 N–H and O–H groups in total. The minimum Gasteiger partial charge on any atom is -0.268 e. The van der Waals surface area contributed by atoms with Gasteiger partial charge in [-0.2, -0.15) is 0 Å². The van der Waals surface area contributed by atoms with Crippen LogP contribution < -0.4 is 9.80 Å². The van der Waals surface area contributed by atoms with Crippen LogP contribution in [0.1, 0.15) is 41.4 Å². The third-order valence-electron chi connectivity index (χ3n) is 7.62. The molecule has 3 heterocycles. The molecule has 0 aliphatic carbocycles. The van der Waals surface area contributed by atoms with Gasteiger partial charge in [-0.25, -0.2) is 19.8 Å². The summed E-state index contributed by atoms with van der Waals surface area (Å²) in [5.74, 6) is -2.16. The van der Waals surface area contributed by atoms with Crippen molar-refractivity contribution in [3.8, 4) is 22.6 Å². The molecule has 7 rings (SSSR count). The van der Waals surface area contributed by atoms with E-state index in [9.17, 15) is 39.4 Å². The number of fused-ring (bicyclic) bond motifs is 2. The lowest BCUT2D eigenvalue weighted by molar-refractivity contribution is -0.385. The minimum atomic E-state index is -0.666. The lowest BCUT2D eigenvalue weighted by Gasteiger charge is -2.15. The summed E-state index contributed by atoms with van der Waals surface area (Å²) in [6.07, 6.45) is 1.55. The zero-order chi connectivity index (χ0) is 32.3. The molecule has 0 saturated carbocycles. The summed E-state index contributed by atoms with van der Waals surface area (Å²) in [6, 6.07) is 21.6. The predicted molar refractivity (Wildman–Crippen MR) is 161 cm³/mol. The first-order valence-electron chi connectivity index (χ1n) is 13.5. The normalized spacial score (nSPS) is 13.7. The summed E-state index contributed by atoms with van der Waals surface area (Å²) in [7, 11) is 0. The van der Waals surface area contributed by atoms with Gasteiger partial charge in [0.15, 0.2) is 5.82 Å². The lowest BCUT2D eigenvalue weighted by atomic mass is 10.1. The van der Waals surface area contributed by atoms with Crippen LogP contribution in [0, 0.1) is 20.2 Å². The largest absolute Gasteiger partial charge is 0.270 e. The van der Waals surface area contributed by atoms with Crippen LogP contribution in [-0.2, 0) is 0 Å². The highest BCUT2D eigenvalue weighted by Gasteiger charge is 2.39. The number of carbonyl (C=O) groups excluding carboxylic acids is 4. The van der Waals surface area contributed by atoms with Gasteiger partial charge in [0.2, 0.25) is 0 Å². The van der Waals surface area contributed by atoms with Crippen molar-refractivity contribution in [3.63, 3.8) is 0 Å². The Morgan fingerprint density at radius 2 is 0.957 bits per heavy atom. The second-order valence-electron chi connectivity index (χ2n) is 10.2. The van der Waals surface area contributed by atoms with E-state index >= 15 is 0 Å². The second kappa shape index (κ2) is 10.3. The van der Waals surface area contributed by atoms with Gasteiger partial charge < -0.3 is 0 Å². The highest BCUT2D eigenvalue weighted by atomic mass is 16.6. The Balaban J connectivity index is 1.11. The number of hydrogen-bond donors (Lipinski definition) is 0. The first kappa shape index (κ1) is 27.8. The van der Waals surface area contributed by atoms with Crippen molar-refractivity contribution in [2.45, 2.75) is 0 Å². The molecule has 4 aromatic carbocycles. The standard InChI is InChI=1S/C32H16N6O8/c39-29-23-11-9-21(37(43)44)15-25(23)31(41)35(29)19-5-1-17(2-6-19)27-13-14-33-28(34-27)18-3-7-20(8-4-18)36-30(40)24-12-10-22(38(45)46)16-26(24)32(36)42/h1-16H. The Hall–Kier alpha value is -6.96. The van der Waals surface area contributed by atoms with Crippen LogP contribution in [0.5, 0.6) is 0 Å². The molecule has 0 saturated heterocycles. The van der Waals surface area contributed by atoms with Gasteiger partial charge in [-0.05, 0) is 54.6 Å². The third kappa shape index (κ3) is 4.36. The van der Waals surface area contributed by atoms with Crippen LogP contribution in [-0.4, -0.2) is 43.4 Å². The van der Waals surface area contributed by atoms with Crippen molar-refractivity contribution >= 4 is 46.4 Å². The van der Waals surface area contributed by atoms with Crippen molar-refractivity contribution in [3.05, 3.63) is 140 Å². The summed E-state index contributed by atoms with van der Waals surface area (Å²) in [5.41, 5.74) is 1.80. The smallest absolute Gasteiger partial charge is 0.268 e. The maximum atomic E-state index is 13.0. The van der Waals surface area contributed by atoms with Gasteiger partial charge in [0.25, 0.3) is 35.0 Å². The Morgan fingerprint density at radius 1 is 0.522 bits per heavy atom. The number of benzene rings is 4. The number of nitro groups is 2. The molecular weight excluding hydrogens is 596 g/mol. The second-order valence-corrected chi connectivity index (χ2v) is 10.2. The maximum Gasteiger partial charge on any atom is 0.270 e. The van der Waals surface area contributed by atoms with Gasteiger partial charge >= 0.3 is 0 Å². The summed E-state index contributed by atoms with van der Waals surface area (Å²) in [4.78, 5) is 83.6. The number of hydrogen-bond acceptors (Lipinski definition) is 10. The molecule has 4 amide bonds. The van der Waals surface area contributed by atoms with Crippen molar-refractivity contribution in [1.29, 1.82) is 0 Å². The average Bonchev–Trinajstić information content (AvgIpc) is 3.48. The van der Waals surface area contributed by atoms with Crippen molar-refractivity contribution < 1.29 is 29.0 Å². The van der Waals surface area contributed by atoms with Crippen molar-refractivity contribution in [1.82, 2.24) is 9.97 Å². The molecule has 0 unspecified atom stereocenters. The van der Waals surface area contributed by atoms with Crippen LogP contribution in [0.3, 0.4) is 0 Å². The molecule has 222 valence electrons. The number of amides is 4. The highest BCUT2D eigenvalue weighted by molar-refractivity contribution is 6.35. The van der Waals surface area contributed by atoms with Gasteiger partial charge in [-0.1, -0.05) is 12.1 Å². The molecule has 0 fully saturated rings. The van der Waals surface area contributed by atoms with Crippen LogP contribution in [0.15, 0.2) is 97.2 Å². The summed E-state index contributed by atoms with van der Waals surface area (Å²) in [6.45, 7) is 0. The fourth-order valence-electron chi connectivity index (χ4n) is 5.35. The van der Waals surface area contributed by atoms with Gasteiger partial charge in [0.05, 0.1) is 49.2 Å². The Bertz CT molecular complexity index is 2050. The number of aromatic nitrogens is 2. The number of nitro benzene ring substituents is 2. The van der Waals surface area contributed by atoms with Gasteiger partial charge in [-0.15, -0.1) is 0 Å². The van der Waals surface area contributed by atoms with Crippen LogP contribution in [0.25, 0.3) is 22.6 Å². The monoisotopic (exact) mass is 612 g/mol. The molecule has 0 atom stereocenters. The van der Waals surface area contributed by atoms with E-state index in [0.717, 1.165) is 21.9 Å². The van der Waals surface area contributed by atoms with Crippen LogP contribution in [0.2, 0.25) is 0 Å². The van der Waals surface area contributed by atoms with E-state index in [0.29, 0.717) is 22.6 Å². The molecule has 1 aromatic heterocycles. The first-order chi connectivity index (χ1) is 22.1. The first-order valence-corrected chi connectivity index (χ1v) is 13.5. The number of carbonyl (C=O) groups is 4. The number of anilines is 2. The predicted octanol–water partition coefficient (Wildman–Crippen LogP) is 5.23. The zero-order valence-corrected chi connectivity index (χ0v) is 23.2. The molecule has 14 heteroatoms. The molecule has 5 aromatic rings. The van der Waals surface area contributed by atoms with Crippen LogP contribution >= 0.6 is 0 Å². The van der Waals surface area contributed by atoms with E-state index in [1.54, 1.807) is 60.8 Å². The molecule has 0 bridgehead atoms. The molecule has 2 aliphatic rings. The number of nitrogens with zero attached hydrogens (tertiary/aromatic N) is 6. The molecule has 0 spiro atoms. The van der Waals surface area contributed by atoms with Gasteiger partial charge in [-0.3, -0.25) is 39.4 Å². The minimum absolute atomic E-state index is 0.0401. The van der Waals surface area contributed by atoms with Crippen molar-refractivity contribution in [2.75, 3.05) is 9.80 Å². The SMILES string of the molecule is O=C1c2ccc([N+](=O)[O-])cc2C(=O)N1c1ccc(-c2ccnc(-c3ccc(N4C(=O)c5ccc([N+](=O)[O-])cc5C4=O)cc3)n2)cc1. The van der Waals surface area contributed by atoms with E-state index < -0.39 is 33.5 Å². The quantitative estimate of drug-likeness (QED) is 0.140. The Labute approximate surface area is 257 Å². The lowest BCUT2D eigenvalue weighted by Crippen LogP contribution is -2.29. The van der Waals surface area contributed by atoms with E-state index in [2.05, 4.69) is 9.97 Å². The number of non-ortho nitro benzene ring substituents is 2. The highest BCUT2D eigenvalue weighted by Crippen LogP contribution is 2.34. The Kier molecular flexibility index (Phi) is 6.26. The Morgan fingerprint density at radius 3 is 1.41 bits per heavy atom. The molecule has 2 aliphatic heterocycles. The average molecular weight is 613 g/mol. The fraction of sp³-hybridized carbons (Fsp3) is 0. The molecule has 0 radical (unpaired) electrons. The molecule has 14 nitrogen and oxygen atoms in total. The van der Waals surface area contributed by atoms with Crippen molar-refractivity contribution in [2.24, 2.45) is 0 Å². The van der Waals surface area contributed by atoms with E-state index in [1.165, 1.54) is 24.3 Å². The maximum absolute atomic E-state index is 13.0. The van der Waals surface area contributed by atoms with Gasteiger partial charge in [0, 0.05) is 41.6 Å². The van der Waals surface area contributed by atoms with Gasteiger partial charge in [0.1, 0.15) is 0 Å². The van der Waals surface area contributed by atoms with Crippen LogP contribution in [0.4, 0.5) is 22.7 Å². The number of rotatable bonds is 6. The topological polar surface area (TPSA) is 187 Å². The molecule has 46 heavy (non-hydrogen) atoms. The zero-order valence-electron chi connectivity index (χ0n) is 23.2.